The molecule has 0 aliphatic carbocycles. The second-order valence-electron chi connectivity index (χ2n) is 3.96. The fourth-order valence-corrected chi connectivity index (χ4v) is 1.71. The molecule has 0 radical (unpaired) electrons. The molecule has 21 heavy (non-hydrogen) atoms. The van der Waals surface area contributed by atoms with Gasteiger partial charge in [-0.05, 0) is 6.07 Å². The van der Waals surface area contributed by atoms with Crippen LogP contribution in [0.1, 0.15) is 0 Å². The van der Waals surface area contributed by atoms with Gasteiger partial charge in [0.15, 0.2) is 5.65 Å². The van der Waals surface area contributed by atoms with Gasteiger partial charge in [0.1, 0.15) is 11.3 Å². The van der Waals surface area contributed by atoms with Gasteiger partial charge in [0.25, 0.3) is 5.88 Å². The predicted octanol–water partition coefficient (Wildman–Crippen LogP) is 1.77. The maximum Gasteiger partial charge on any atom is 0.305 e. The van der Waals surface area contributed by atoms with Crippen LogP contribution in [0.25, 0.3) is 11.2 Å². The minimum atomic E-state index is -1.01. The Morgan fingerprint density at radius 3 is 2.90 bits per heavy atom. The highest BCUT2D eigenvalue weighted by Crippen LogP contribution is 2.28. The first-order valence-electron chi connectivity index (χ1n) is 5.63. The van der Waals surface area contributed by atoms with Crippen LogP contribution in [0.15, 0.2) is 24.5 Å². The summed E-state index contributed by atoms with van der Waals surface area (Å²) in [6.07, 6.45) is 1.38. The smallest absolute Gasteiger partial charge is 0.305 e. The maximum atomic E-state index is 13.5. The van der Waals surface area contributed by atoms with E-state index in [-0.39, 0.29) is 17.6 Å². The summed E-state index contributed by atoms with van der Waals surface area (Å²) in [5.41, 5.74) is 5.54. The Kier molecular flexibility index (Phi) is 2.83. The van der Waals surface area contributed by atoms with Gasteiger partial charge in [0.2, 0.25) is 11.8 Å². The standard InChI is InChI=1S/C11H7FN6O3/c12-6-3-5(1-2-7(6)18(19)20)21-10-8-9(15-4-14-8)16-11(13)17-10/h1-4H,(H3,13,14,15,16,17). The lowest BCUT2D eigenvalue weighted by molar-refractivity contribution is -0.387. The van der Waals surface area contributed by atoms with Gasteiger partial charge in [-0.1, -0.05) is 0 Å². The van der Waals surface area contributed by atoms with E-state index in [1.807, 2.05) is 0 Å². The Hall–Kier alpha value is -3.30. The summed E-state index contributed by atoms with van der Waals surface area (Å²) in [4.78, 5) is 24.1. The predicted molar refractivity (Wildman–Crippen MR) is 69.2 cm³/mol. The number of anilines is 1. The number of nitrogens with zero attached hydrogens (tertiary/aromatic N) is 4. The molecule has 10 heteroatoms. The summed E-state index contributed by atoms with van der Waals surface area (Å²) in [5, 5.41) is 10.6. The molecule has 0 atom stereocenters. The van der Waals surface area contributed by atoms with Crippen LogP contribution < -0.4 is 10.5 Å². The lowest BCUT2D eigenvalue weighted by atomic mass is 10.3. The van der Waals surface area contributed by atoms with E-state index in [4.69, 9.17) is 10.5 Å². The van der Waals surface area contributed by atoms with Crippen LogP contribution in [0.4, 0.5) is 16.0 Å². The third-order valence-corrected chi connectivity index (χ3v) is 2.60. The molecule has 0 spiro atoms. The number of nitro benzene ring substituents is 1. The van der Waals surface area contributed by atoms with Crippen molar-refractivity contribution in [3.8, 4) is 11.6 Å². The molecular weight excluding hydrogens is 283 g/mol. The second-order valence-corrected chi connectivity index (χ2v) is 3.96. The second kappa shape index (κ2) is 4.67. The van der Waals surface area contributed by atoms with Gasteiger partial charge in [0.05, 0.1) is 11.3 Å². The summed E-state index contributed by atoms with van der Waals surface area (Å²) >= 11 is 0. The summed E-state index contributed by atoms with van der Waals surface area (Å²) in [5.74, 6) is -0.997. The quantitative estimate of drug-likeness (QED) is 0.554. The van der Waals surface area contributed by atoms with Gasteiger partial charge in [-0.3, -0.25) is 10.1 Å². The van der Waals surface area contributed by atoms with Crippen molar-refractivity contribution in [2.75, 3.05) is 5.73 Å². The molecule has 2 heterocycles. The molecule has 0 aliphatic rings. The number of rotatable bonds is 3. The molecule has 0 amide bonds. The average Bonchev–Trinajstić information content (AvgIpc) is 2.86. The third-order valence-electron chi connectivity index (χ3n) is 2.60. The van der Waals surface area contributed by atoms with Gasteiger partial charge < -0.3 is 15.5 Å². The molecule has 2 aromatic heterocycles. The minimum Gasteiger partial charge on any atom is -0.437 e. The Labute approximate surface area is 115 Å². The number of fused-ring (bicyclic) bond motifs is 1. The first-order valence-corrected chi connectivity index (χ1v) is 5.63. The lowest BCUT2D eigenvalue weighted by Gasteiger charge is -2.06. The minimum absolute atomic E-state index is 0.0344. The van der Waals surface area contributed by atoms with Crippen LogP contribution in [-0.4, -0.2) is 24.9 Å². The van der Waals surface area contributed by atoms with Gasteiger partial charge in [-0.2, -0.15) is 14.4 Å². The summed E-state index contributed by atoms with van der Waals surface area (Å²) in [6.45, 7) is 0. The van der Waals surface area contributed by atoms with E-state index in [1.165, 1.54) is 12.4 Å². The van der Waals surface area contributed by atoms with E-state index in [0.29, 0.717) is 11.2 Å². The van der Waals surface area contributed by atoms with Crippen LogP contribution >= 0.6 is 0 Å². The van der Waals surface area contributed by atoms with Gasteiger partial charge >= 0.3 is 5.69 Å². The fraction of sp³-hybridized carbons (Fsp3) is 0. The number of ether oxygens (including phenoxy) is 1. The SMILES string of the molecule is Nc1nc(Oc2ccc([N+](=O)[O-])c(F)c2)c2[nH]cnc2n1. The number of hydrogen-bond acceptors (Lipinski definition) is 7. The van der Waals surface area contributed by atoms with Crippen molar-refractivity contribution in [2.24, 2.45) is 0 Å². The molecule has 0 saturated carbocycles. The molecule has 3 aromatic rings. The highest BCUT2D eigenvalue weighted by Gasteiger charge is 2.16. The van der Waals surface area contributed by atoms with Crippen LogP contribution in [0.3, 0.4) is 0 Å². The van der Waals surface area contributed by atoms with Crippen LogP contribution in [0, 0.1) is 15.9 Å². The molecule has 106 valence electrons. The normalized spacial score (nSPS) is 10.7. The number of H-pyrrole nitrogens is 1. The number of imidazole rings is 1. The molecule has 3 N–H and O–H groups in total. The van der Waals surface area contributed by atoms with E-state index >= 15 is 0 Å². The van der Waals surface area contributed by atoms with Gasteiger partial charge in [-0.15, -0.1) is 0 Å². The first kappa shape index (κ1) is 12.7. The molecule has 0 unspecified atom stereocenters. The summed E-state index contributed by atoms with van der Waals surface area (Å²) < 4.78 is 18.9. The number of nitrogens with one attached hydrogen (secondary N) is 1. The monoisotopic (exact) mass is 290 g/mol. The van der Waals surface area contributed by atoms with Gasteiger partial charge in [0, 0.05) is 12.1 Å². The van der Waals surface area contributed by atoms with Crippen molar-refractivity contribution < 1.29 is 14.1 Å². The number of aromatic amines is 1. The first-order chi connectivity index (χ1) is 10.0. The highest BCUT2D eigenvalue weighted by molar-refractivity contribution is 5.77. The van der Waals surface area contributed by atoms with Crippen molar-refractivity contribution in [2.45, 2.75) is 0 Å². The van der Waals surface area contributed by atoms with Crippen LogP contribution in [0.2, 0.25) is 0 Å². The molecule has 1 aromatic carbocycles. The third kappa shape index (κ3) is 2.29. The number of aromatic nitrogens is 4. The summed E-state index contributed by atoms with van der Waals surface area (Å²) in [6, 6.07) is 3.14. The number of nitrogen functional groups attached to an aromatic ring is 1. The zero-order valence-electron chi connectivity index (χ0n) is 10.3. The molecule has 3 rings (SSSR count). The van der Waals surface area contributed by atoms with E-state index in [1.54, 1.807) is 0 Å². The zero-order chi connectivity index (χ0) is 15.0. The lowest BCUT2D eigenvalue weighted by Crippen LogP contribution is -1.99. The maximum absolute atomic E-state index is 13.5. The highest BCUT2D eigenvalue weighted by atomic mass is 19.1. The Balaban J connectivity index is 2.00. The molecule has 0 aliphatic heterocycles. The van der Waals surface area contributed by atoms with Crippen LogP contribution in [0.5, 0.6) is 11.6 Å². The van der Waals surface area contributed by atoms with E-state index in [9.17, 15) is 14.5 Å². The number of nitrogens with two attached hydrogens (primary N) is 1. The van der Waals surface area contributed by atoms with Crippen LogP contribution in [-0.2, 0) is 0 Å². The zero-order valence-corrected chi connectivity index (χ0v) is 10.3. The Bertz CT molecular complexity index is 849. The molecule has 0 saturated heterocycles. The van der Waals surface area contributed by atoms with Crippen molar-refractivity contribution in [1.29, 1.82) is 0 Å². The Morgan fingerprint density at radius 2 is 2.19 bits per heavy atom. The topological polar surface area (TPSA) is 133 Å². The van der Waals surface area contributed by atoms with Crippen molar-refractivity contribution in [3.05, 3.63) is 40.5 Å². The molecule has 9 nitrogen and oxygen atoms in total. The number of halogens is 1. The fourth-order valence-electron chi connectivity index (χ4n) is 1.71. The summed E-state index contributed by atoms with van der Waals surface area (Å²) in [7, 11) is 0. The molecular formula is C11H7FN6O3. The van der Waals surface area contributed by atoms with Gasteiger partial charge in [-0.25, -0.2) is 4.98 Å². The number of hydrogen-bond donors (Lipinski definition) is 2. The number of nitro groups is 1. The molecule has 0 bridgehead atoms. The van der Waals surface area contributed by atoms with E-state index in [0.717, 1.165) is 12.1 Å². The van der Waals surface area contributed by atoms with Crippen molar-refractivity contribution in [1.82, 2.24) is 19.9 Å². The average molecular weight is 290 g/mol. The Morgan fingerprint density at radius 1 is 1.38 bits per heavy atom. The van der Waals surface area contributed by atoms with Crippen molar-refractivity contribution >= 4 is 22.8 Å². The molecule has 0 fully saturated rings. The van der Waals surface area contributed by atoms with Crippen molar-refractivity contribution in [3.63, 3.8) is 0 Å². The largest absolute Gasteiger partial charge is 0.437 e. The number of benzene rings is 1. The van der Waals surface area contributed by atoms with E-state index < -0.39 is 16.4 Å². The van der Waals surface area contributed by atoms with E-state index in [2.05, 4.69) is 19.9 Å².